The maximum atomic E-state index is 12.8. The average Bonchev–Trinajstić information content (AvgIpc) is 3.01. The Labute approximate surface area is 207 Å². The summed E-state index contributed by atoms with van der Waals surface area (Å²) < 4.78 is 12.7. The number of nitrogens with zero attached hydrogens (tertiary/aromatic N) is 1. The van der Waals surface area contributed by atoms with Crippen molar-refractivity contribution in [1.82, 2.24) is 4.90 Å². The highest BCUT2D eigenvalue weighted by Crippen LogP contribution is 2.39. The number of ether oxygens (including phenoxy) is 2. The number of aliphatic carboxylic acids is 1. The van der Waals surface area contributed by atoms with Gasteiger partial charge < -0.3 is 14.6 Å². The van der Waals surface area contributed by atoms with Gasteiger partial charge in [-0.15, -0.1) is 0 Å². The van der Waals surface area contributed by atoms with E-state index in [1.165, 1.54) is 24.6 Å². The molecular weight excluding hydrogens is 514 g/mol. The first-order valence-corrected chi connectivity index (χ1v) is 12.9. The van der Waals surface area contributed by atoms with E-state index >= 15 is 0 Å². The lowest BCUT2D eigenvalue weighted by molar-refractivity contribution is -0.137. The molecule has 2 rings (SSSR count). The molecule has 0 spiro atoms. The van der Waals surface area contributed by atoms with Gasteiger partial charge in [0, 0.05) is 13.0 Å². The number of unbranched alkanes of at least 4 members (excludes halogenated alkanes) is 5. The van der Waals surface area contributed by atoms with E-state index in [0.29, 0.717) is 40.3 Å². The minimum absolute atomic E-state index is 0.121. The van der Waals surface area contributed by atoms with Crippen molar-refractivity contribution in [3.8, 4) is 11.5 Å². The van der Waals surface area contributed by atoms with Gasteiger partial charge in [-0.05, 0) is 59.0 Å². The maximum absolute atomic E-state index is 12.8. The molecule has 1 fully saturated rings. The Morgan fingerprint density at radius 1 is 1.22 bits per heavy atom. The molecule has 1 aliphatic rings. The molecule has 0 radical (unpaired) electrons. The molecule has 6 nitrogen and oxygen atoms in total. The fourth-order valence-electron chi connectivity index (χ4n) is 3.23. The first kappa shape index (κ1) is 26.7. The highest BCUT2D eigenvalue weighted by Gasteiger charge is 2.31. The molecule has 1 aromatic rings. The van der Waals surface area contributed by atoms with Crippen LogP contribution in [0.4, 0.5) is 0 Å². The summed E-state index contributed by atoms with van der Waals surface area (Å²) in [6.45, 7) is 3.30. The van der Waals surface area contributed by atoms with Gasteiger partial charge in [-0.3, -0.25) is 14.5 Å². The summed E-state index contributed by atoms with van der Waals surface area (Å²) in [5.41, 5.74) is 0.814. The number of rotatable bonds is 14. The molecule has 9 heteroatoms. The molecule has 1 heterocycles. The lowest BCUT2D eigenvalue weighted by atomic mass is 10.1. The lowest BCUT2D eigenvalue weighted by Gasteiger charge is -2.14. The molecular formula is C23H30BrNO5S2. The van der Waals surface area contributed by atoms with Crippen LogP contribution in [0.3, 0.4) is 0 Å². The number of halogens is 1. The number of methoxy groups -OCH3 is 1. The SMILES string of the molecule is CCCCCCOc1c(Br)cc(/C=C2\SC(=S)N(CCCCCC(=O)O)C2=O)cc1OC. The third-order valence-electron chi connectivity index (χ3n) is 4.94. The zero-order valence-corrected chi connectivity index (χ0v) is 21.7. The number of carboxylic acid groups (broad SMARTS) is 1. The van der Waals surface area contributed by atoms with Crippen molar-refractivity contribution in [2.45, 2.75) is 58.3 Å². The van der Waals surface area contributed by atoms with E-state index in [-0.39, 0.29) is 12.3 Å². The van der Waals surface area contributed by atoms with Crippen molar-refractivity contribution in [2.24, 2.45) is 0 Å². The molecule has 32 heavy (non-hydrogen) atoms. The van der Waals surface area contributed by atoms with Crippen LogP contribution >= 0.6 is 39.9 Å². The van der Waals surface area contributed by atoms with Crippen molar-refractivity contribution in [3.63, 3.8) is 0 Å². The molecule has 0 atom stereocenters. The van der Waals surface area contributed by atoms with E-state index in [1.807, 2.05) is 18.2 Å². The van der Waals surface area contributed by atoms with Crippen LogP contribution in [0.25, 0.3) is 6.08 Å². The van der Waals surface area contributed by atoms with Crippen LogP contribution in [0.1, 0.15) is 63.9 Å². The number of carbonyl (C=O) groups is 2. The molecule has 1 amide bonds. The minimum Gasteiger partial charge on any atom is -0.493 e. The summed E-state index contributed by atoms with van der Waals surface area (Å²) in [4.78, 5) is 25.6. The Hall–Kier alpha value is -1.58. The summed E-state index contributed by atoms with van der Waals surface area (Å²) in [6.07, 6.45) is 8.51. The summed E-state index contributed by atoms with van der Waals surface area (Å²) in [7, 11) is 1.60. The van der Waals surface area contributed by atoms with Crippen LogP contribution in [0, 0.1) is 0 Å². The fraction of sp³-hybridized carbons (Fsp3) is 0.522. The summed E-state index contributed by atoms with van der Waals surface area (Å²) in [6, 6.07) is 3.76. The monoisotopic (exact) mass is 543 g/mol. The van der Waals surface area contributed by atoms with Crippen LogP contribution < -0.4 is 9.47 Å². The summed E-state index contributed by atoms with van der Waals surface area (Å²) in [5.74, 6) is 0.350. The van der Waals surface area contributed by atoms with E-state index in [4.69, 9.17) is 26.8 Å². The van der Waals surface area contributed by atoms with Gasteiger partial charge in [0.1, 0.15) is 4.32 Å². The van der Waals surface area contributed by atoms with E-state index < -0.39 is 5.97 Å². The molecule has 1 aromatic carbocycles. The molecule has 1 saturated heterocycles. The summed E-state index contributed by atoms with van der Waals surface area (Å²) in [5, 5.41) is 8.71. The van der Waals surface area contributed by atoms with Crippen molar-refractivity contribution in [3.05, 3.63) is 27.1 Å². The normalized spacial score (nSPS) is 15.0. The Balaban J connectivity index is 2.02. The van der Waals surface area contributed by atoms with E-state index in [2.05, 4.69) is 22.9 Å². The van der Waals surface area contributed by atoms with Crippen molar-refractivity contribution in [1.29, 1.82) is 0 Å². The molecule has 1 N–H and O–H groups in total. The molecule has 0 aromatic heterocycles. The number of carbonyl (C=O) groups excluding carboxylic acids is 1. The second-order valence-corrected chi connectivity index (χ2v) is 10.0. The molecule has 0 saturated carbocycles. The summed E-state index contributed by atoms with van der Waals surface area (Å²) >= 11 is 10.2. The molecule has 1 aliphatic heterocycles. The molecule has 0 bridgehead atoms. The smallest absolute Gasteiger partial charge is 0.303 e. The predicted octanol–water partition coefficient (Wildman–Crippen LogP) is 6.26. The fourth-order valence-corrected chi connectivity index (χ4v) is 5.12. The van der Waals surface area contributed by atoms with Crippen molar-refractivity contribution in [2.75, 3.05) is 20.3 Å². The minimum atomic E-state index is -0.798. The molecule has 176 valence electrons. The highest BCUT2D eigenvalue weighted by atomic mass is 79.9. The number of thiocarbonyl (C=S) groups is 1. The van der Waals surface area contributed by atoms with Gasteiger partial charge in [0.2, 0.25) is 0 Å². The standard InChI is InChI=1S/C23H30BrNO5S2/c1-3-4-5-9-12-30-21-17(24)13-16(14-18(21)29-2)15-19-22(28)25(23(31)32-19)11-8-6-7-10-20(26)27/h13-15H,3-12H2,1-2H3,(H,26,27)/b19-15-. The predicted molar refractivity (Wildman–Crippen MR) is 136 cm³/mol. The largest absolute Gasteiger partial charge is 0.493 e. The Morgan fingerprint density at radius 3 is 2.66 bits per heavy atom. The van der Waals surface area contributed by atoms with Crippen LogP contribution in [0.2, 0.25) is 0 Å². The highest BCUT2D eigenvalue weighted by molar-refractivity contribution is 9.10. The second-order valence-electron chi connectivity index (χ2n) is 7.48. The van der Waals surface area contributed by atoms with Crippen LogP contribution in [-0.2, 0) is 9.59 Å². The third kappa shape index (κ3) is 8.08. The Kier molecular flexibility index (Phi) is 11.5. The van der Waals surface area contributed by atoms with Gasteiger partial charge >= 0.3 is 5.97 Å². The second kappa shape index (κ2) is 13.9. The number of amides is 1. The zero-order chi connectivity index (χ0) is 23.5. The molecule has 0 aliphatic carbocycles. The number of hydrogen-bond acceptors (Lipinski definition) is 6. The van der Waals surface area contributed by atoms with Crippen LogP contribution in [0.5, 0.6) is 11.5 Å². The van der Waals surface area contributed by atoms with Gasteiger partial charge in [0.05, 0.1) is 23.1 Å². The average molecular weight is 545 g/mol. The van der Waals surface area contributed by atoms with Crippen molar-refractivity contribution < 1.29 is 24.2 Å². The van der Waals surface area contributed by atoms with Gasteiger partial charge in [-0.25, -0.2) is 0 Å². The van der Waals surface area contributed by atoms with Gasteiger partial charge in [-0.1, -0.05) is 56.6 Å². The molecule has 0 unspecified atom stereocenters. The first-order chi connectivity index (χ1) is 15.4. The van der Waals surface area contributed by atoms with Gasteiger partial charge in [0.15, 0.2) is 11.5 Å². The first-order valence-electron chi connectivity index (χ1n) is 10.8. The van der Waals surface area contributed by atoms with Gasteiger partial charge in [-0.2, -0.15) is 0 Å². The third-order valence-corrected chi connectivity index (χ3v) is 6.91. The van der Waals surface area contributed by atoms with Crippen molar-refractivity contribution >= 4 is 62.2 Å². The number of benzene rings is 1. The van der Waals surface area contributed by atoms with E-state index in [9.17, 15) is 9.59 Å². The van der Waals surface area contributed by atoms with Crippen LogP contribution in [-0.4, -0.2) is 46.5 Å². The van der Waals surface area contributed by atoms with Crippen LogP contribution in [0.15, 0.2) is 21.5 Å². The quantitative estimate of drug-likeness (QED) is 0.168. The lowest BCUT2D eigenvalue weighted by Crippen LogP contribution is -2.29. The Bertz CT molecular complexity index is 859. The maximum Gasteiger partial charge on any atom is 0.303 e. The Morgan fingerprint density at radius 2 is 1.97 bits per heavy atom. The van der Waals surface area contributed by atoms with E-state index in [1.54, 1.807) is 12.0 Å². The zero-order valence-electron chi connectivity index (χ0n) is 18.5. The van der Waals surface area contributed by atoms with E-state index in [0.717, 1.165) is 35.7 Å². The number of hydrogen-bond donors (Lipinski definition) is 1. The van der Waals surface area contributed by atoms with Gasteiger partial charge in [0.25, 0.3) is 5.91 Å². The topological polar surface area (TPSA) is 76.1 Å². The number of thioether (sulfide) groups is 1. The number of carboxylic acids is 1.